The molecule has 5 nitrogen and oxygen atoms in total. The first-order chi connectivity index (χ1) is 16.1. The number of nitrogens with two attached hydrogens (primary N) is 1. The highest BCUT2D eigenvalue weighted by atomic mass is 32.1. The quantitative estimate of drug-likeness (QED) is 0.299. The molecule has 2 aromatic heterocycles. The van der Waals surface area contributed by atoms with Gasteiger partial charge in [0.05, 0.1) is 28.4 Å². The number of carbonyl (C=O) groups excluding carboxylic acids is 1. The Morgan fingerprint density at radius 1 is 1.09 bits per heavy atom. The van der Waals surface area contributed by atoms with Crippen LogP contribution in [0.1, 0.15) is 58.6 Å². The summed E-state index contributed by atoms with van der Waals surface area (Å²) in [5.74, 6) is -1.11. The molecule has 0 bridgehead atoms. The van der Waals surface area contributed by atoms with E-state index in [4.69, 9.17) is 10.2 Å². The van der Waals surface area contributed by atoms with Crippen molar-refractivity contribution in [3.63, 3.8) is 0 Å². The maximum atomic E-state index is 13.9. The summed E-state index contributed by atoms with van der Waals surface area (Å²) in [6.45, 7) is 14.4. The van der Waals surface area contributed by atoms with Crippen molar-refractivity contribution in [3.8, 4) is 0 Å². The number of benzene rings is 1. The minimum atomic E-state index is -1.95. The van der Waals surface area contributed by atoms with Crippen LogP contribution in [0.4, 0.5) is 9.39 Å². The molecule has 3 aromatic rings. The number of nitrogens with one attached hydrogen (secondary N) is 1. The SMILES string of the molecule is CC(C)[Si](OCc1ccc([C@@H](CN)C(=O)Nc2cc3c(F)cncc3s2)cc1)(C(C)C)C(C)C. The molecule has 0 spiro atoms. The fraction of sp³-hybridized carbons (Fsp3) is 0.462. The maximum absolute atomic E-state index is 13.9. The molecule has 3 N–H and O–H groups in total. The van der Waals surface area contributed by atoms with E-state index in [-0.39, 0.29) is 12.5 Å². The van der Waals surface area contributed by atoms with Crippen molar-refractivity contribution >= 4 is 40.6 Å². The van der Waals surface area contributed by atoms with Crippen molar-refractivity contribution in [2.75, 3.05) is 11.9 Å². The fourth-order valence-electron chi connectivity index (χ4n) is 5.15. The first-order valence-electron chi connectivity index (χ1n) is 11.9. The van der Waals surface area contributed by atoms with Gasteiger partial charge >= 0.3 is 0 Å². The molecule has 34 heavy (non-hydrogen) atoms. The van der Waals surface area contributed by atoms with Gasteiger partial charge in [-0.25, -0.2) is 4.39 Å². The number of rotatable bonds is 10. The van der Waals surface area contributed by atoms with Gasteiger partial charge in [0.25, 0.3) is 0 Å². The molecule has 0 aliphatic rings. The summed E-state index contributed by atoms with van der Waals surface area (Å²) < 4.78 is 21.3. The molecule has 0 radical (unpaired) electrons. The number of carbonyl (C=O) groups is 1. The topological polar surface area (TPSA) is 77.2 Å². The van der Waals surface area contributed by atoms with Crippen LogP contribution in [-0.2, 0) is 15.8 Å². The molecule has 184 valence electrons. The molecule has 0 unspecified atom stereocenters. The fourth-order valence-corrected chi connectivity index (χ4v) is 11.5. The second kappa shape index (κ2) is 11.1. The molecule has 3 rings (SSSR count). The Morgan fingerprint density at radius 3 is 2.24 bits per heavy atom. The largest absolute Gasteiger partial charge is 0.412 e. The number of thiophene rings is 1. The van der Waals surface area contributed by atoms with E-state index in [1.165, 1.54) is 17.5 Å². The summed E-state index contributed by atoms with van der Waals surface area (Å²) >= 11 is 1.29. The Balaban J connectivity index is 1.71. The van der Waals surface area contributed by atoms with Gasteiger partial charge < -0.3 is 15.5 Å². The first kappa shape index (κ1) is 26.5. The van der Waals surface area contributed by atoms with E-state index in [0.717, 1.165) is 11.1 Å². The smallest absolute Gasteiger partial charge is 0.233 e. The lowest BCUT2D eigenvalue weighted by molar-refractivity contribution is -0.117. The van der Waals surface area contributed by atoms with Gasteiger partial charge in [0.15, 0.2) is 0 Å². The van der Waals surface area contributed by atoms with Crippen molar-refractivity contribution in [1.29, 1.82) is 0 Å². The number of pyridine rings is 1. The molecule has 0 saturated heterocycles. The van der Waals surface area contributed by atoms with E-state index in [1.807, 2.05) is 24.3 Å². The zero-order valence-corrected chi connectivity index (χ0v) is 22.7. The van der Waals surface area contributed by atoms with Gasteiger partial charge in [0, 0.05) is 18.1 Å². The van der Waals surface area contributed by atoms with E-state index in [0.29, 0.717) is 38.3 Å². The van der Waals surface area contributed by atoms with Gasteiger partial charge in [0.2, 0.25) is 14.2 Å². The third kappa shape index (κ3) is 5.40. The normalized spacial score (nSPS) is 13.3. The molecule has 8 heteroatoms. The van der Waals surface area contributed by atoms with Crippen LogP contribution in [0.5, 0.6) is 0 Å². The number of hydrogen-bond acceptors (Lipinski definition) is 5. The highest BCUT2D eigenvalue weighted by molar-refractivity contribution is 7.22. The average Bonchev–Trinajstić information content (AvgIpc) is 3.18. The van der Waals surface area contributed by atoms with Crippen LogP contribution in [0, 0.1) is 5.82 Å². The summed E-state index contributed by atoms with van der Waals surface area (Å²) in [5.41, 5.74) is 9.47. The van der Waals surface area contributed by atoms with Crippen molar-refractivity contribution in [3.05, 3.63) is 59.7 Å². The predicted octanol–water partition coefficient (Wildman–Crippen LogP) is 6.81. The monoisotopic (exact) mass is 501 g/mol. The number of aromatic nitrogens is 1. The third-order valence-electron chi connectivity index (χ3n) is 6.77. The van der Waals surface area contributed by atoms with E-state index < -0.39 is 20.1 Å². The van der Waals surface area contributed by atoms with E-state index >= 15 is 0 Å². The van der Waals surface area contributed by atoms with Crippen LogP contribution in [0.15, 0.2) is 42.7 Å². The van der Waals surface area contributed by atoms with Crippen molar-refractivity contribution in [2.24, 2.45) is 5.73 Å². The van der Waals surface area contributed by atoms with E-state index in [9.17, 15) is 9.18 Å². The highest BCUT2D eigenvalue weighted by Crippen LogP contribution is 2.42. The van der Waals surface area contributed by atoms with Gasteiger partial charge in [-0.2, -0.15) is 0 Å². The molecule has 0 aliphatic heterocycles. The lowest BCUT2D eigenvalue weighted by Crippen LogP contribution is -2.47. The molecule has 0 aliphatic carbocycles. The zero-order chi connectivity index (χ0) is 25.0. The van der Waals surface area contributed by atoms with Crippen molar-refractivity contribution in [2.45, 2.75) is 70.7 Å². The van der Waals surface area contributed by atoms with Gasteiger partial charge in [-0.15, -0.1) is 11.3 Å². The molecule has 0 fully saturated rings. The number of nitrogens with zero attached hydrogens (tertiary/aromatic N) is 1. The number of anilines is 1. The zero-order valence-electron chi connectivity index (χ0n) is 20.9. The van der Waals surface area contributed by atoms with Crippen LogP contribution in [0.3, 0.4) is 0 Å². The summed E-state index contributed by atoms with van der Waals surface area (Å²) in [6, 6.07) is 9.58. The van der Waals surface area contributed by atoms with Gasteiger partial charge in [-0.05, 0) is 33.8 Å². The second-order valence-electron chi connectivity index (χ2n) is 9.77. The Kier molecular flexibility index (Phi) is 8.62. The van der Waals surface area contributed by atoms with Crippen LogP contribution < -0.4 is 11.1 Å². The van der Waals surface area contributed by atoms with Crippen LogP contribution in [-0.4, -0.2) is 25.8 Å². The Morgan fingerprint density at radius 2 is 1.71 bits per heavy atom. The molecular weight excluding hydrogens is 465 g/mol. The van der Waals surface area contributed by atoms with Crippen LogP contribution in [0.2, 0.25) is 16.6 Å². The molecule has 1 aromatic carbocycles. The van der Waals surface area contributed by atoms with Crippen LogP contribution >= 0.6 is 11.3 Å². The standard InChI is InChI=1S/C26H36FN3O2SSi/c1-16(2)34(17(3)4,18(5)6)32-15-19-7-9-20(10-8-19)22(12-28)26(31)30-25-11-21-23(27)13-29-14-24(21)33-25/h7-11,13-14,16-18,22H,12,15,28H2,1-6H3,(H,30,31)/t22-/m1/s1. The summed E-state index contributed by atoms with van der Waals surface area (Å²) in [7, 11) is -1.95. The van der Waals surface area contributed by atoms with Crippen LogP contribution in [0.25, 0.3) is 10.1 Å². The highest BCUT2D eigenvalue weighted by Gasteiger charge is 2.44. The van der Waals surface area contributed by atoms with Gasteiger partial charge in [-0.1, -0.05) is 65.8 Å². The number of amides is 1. The van der Waals surface area contributed by atoms with Gasteiger partial charge in [0.1, 0.15) is 5.82 Å². The van der Waals surface area contributed by atoms with E-state index in [2.05, 4.69) is 51.8 Å². The summed E-state index contributed by atoms with van der Waals surface area (Å²) in [4.78, 5) is 16.8. The molecule has 1 amide bonds. The van der Waals surface area contributed by atoms with E-state index in [1.54, 1.807) is 12.3 Å². The molecule has 2 heterocycles. The lowest BCUT2D eigenvalue weighted by Gasteiger charge is -2.42. The lowest BCUT2D eigenvalue weighted by atomic mass is 9.97. The maximum Gasteiger partial charge on any atom is 0.233 e. The second-order valence-corrected chi connectivity index (χ2v) is 16.3. The Labute approximate surface area is 207 Å². The molecule has 0 saturated carbocycles. The first-order valence-corrected chi connectivity index (χ1v) is 14.8. The minimum Gasteiger partial charge on any atom is -0.412 e. The minimum absolute atomic E-state index is 0.173. The predicted molar refractivity (Wildman–Crippen MR) is 142 cm³/mol. The molecular formula is C26H36FN3O2SSi. The van der Waals surface area contributed by atoms with Crippen molar-refractivity contribution < 1.29 is 13.6 Å². The number of hydrogen-bond donors (Lipinski definition) is 2. The summed E-state index contributed by atoms with van der Waals surface area (Å²) in [6.07, 6.45) is 2.76. The van der Waals surface area contributed by atoms with Gasteiger partial charge in [-0.3, -0.25) is 9.78 Å². The number of fused-ring (bicyclic) bond motifs is 1. The number of halogens is 1. The Hall–Kier alpha value is -2.13. The Bertz CT molecular complexity index is 1090. The molecule has 1 atom stereocenters. The third-order valence-corrected chi connectivity index (χ3v) is 13.8. The van der Waals surface area contributed by atoms with Crippen molar-refractivity contribution in [1.82, 2.24) is 4.98 Å². The average molecular weight is 502 g/mol. The summed E-state index contributed by atoms with van der Waals surface area (Å²) in [5, 5.41) is 3.92.